The Morgan fingerprint density at radius 2 is 0.562 bits per heavy atom. The van der Waals surface area contributed by atoms with Crippen molar-refractivity contribution in [2.45, 2.75) is 163 Å². The predicted octanol–water partition coefficient (Wildman–Crippen LogP) is 8.00. The quantitative estimate of drug-likeness (QED) is 0.399. The summed E-state index contributed by atoms with van der Waals surface area (Å²) < 4.78 is 0. The van der Waals surface area contributed by atoms with Crippen LogP contribution in [0.1, 0.15) is 128 Å². The van der Waals surface area contributed by atoms with Gasteiger partial charge >= 0.3 is 0 Å². The molecule has 184 valence electrons. The van der Waals surface area contributed by atoms with E-state index in [9.17, 15) is 10.2 Å². The van der Waals surface area contributed by atoms with E-state index in [4.69, 9.17) is 0 Å². The summed E-state index contributed by atoms with van der Waals surface area (Å²) in [5, 5.41) is 24.8. The molecular formula is C28H52O2P2+2. The lowest BCUT2D eigenvalue weighted by Gasteiger charge is -2.55. The second kappa shape index (κ2) is 10.8. The van der Waals surface area contributed by atoms with Gasteiger partial charge in [-0.25, -0.2) is 0 Å². The zero-order valence-electron chi connectivity index (χ0n) is 20.8. The molecule has 0 aromatic carbocycles. The normalized spacial score (nSPS) is 36.2. The molecule has 5 aliphatic rings. The fourth-order valence-electron chi connectivity index (χ4n) is 9.53. The minimum absolute atomic E-state index is 0.0192. The molecule has 0 aromatic heterocycles. The first kappa shape index (κ1) is 24.5. The van der Waals surface area contributed by atoms with E-state index < -0.39 is 14.5 Å². The third-order valence-electron chi connectivity index (χ3n) is 11.1. The van der Waals surface area contributed by atoms with Crippen molar-refractivity contribution in [1.82, 2.24) is 0 Å². The lowest BCUT2D eigenvalue weighted by molar-refractivity contribution is 0.231. The molecule has 2 N–H and O–H groups in total. The molecule has 0 radical (unpaired) electrons. The molecule has 5 rings (SSSR count). The molecule has 2 atom stereocenters. The standard InChI is InChI=1S/C28H52O2P2/c29-27-22-32(25-17-9-3-10-18-25,26-19-11-4-12-20-26)28(30)21-31(27,23-13-5-1-6-14-23)24-15-7-2-8-16-24/h23-30H,1-22H2/q+2. The van der Waals surface area contributed by atoms with Gasteiger partial charge in [-0.3, -0.25) is 0 Å². The molecule has 0 spiro atoms. The Morgan fingerprint density at radius 1 is 0.344 bits per heavy atom. The van der Waals surface area contributed by atoms with Crippen molar-refractivity contribution in [2.24, 2.45) is 0 Å². The van der Waals surface area contributed by atoms with Gasteiger partial charge in [0.15, 0.2) is 11.7 Å². The van der Waals surface area contributed by atoms with Gasteiger partial charge in [0.1, 0.15) is 12.3 Å². The van der Waals surface area contributed by atoms with Crippen LogP contribution in [-0.2, 0) is 0 Å². The van der Waals surface area contributed by atoms with Gasteiger partial charge < -0.3 is 10.2 Å². The van der Waals surface area contributed by atoms with Crippen LogP contribution < -0.4 is 0 Å². The maximum absolute atomic E-state index is 12.4. The van der Waals surface area contributed by atoms with Gasteiger partial charge in [-0.2, -0.15) is 0 Å². The van der Waals surface area contributed by atoms with Crippen LogP contribution in [0.5, 0.6) is 0 Å². The predicted molar refractivity (Wildman–Crippen MR) is 143 cm³/mol. The van der Waals surface area contributed by atoms with Crippen molar-refractivity contribution in [3.63, 3.8) is 0 Å². The summed E-state index contributed by atoms with van der Waals surface area (Å²) in [6.07, 6.45) is 29.8. The molecule has 32 heavy (non-hydrogen) atoms. The average molecular weight is 483 g/mol. The highest BCUT2D eigenvalue weighted by molar-refractivity contribution is 7.85. The SMILES string of the molecule is OC1C[P+](C2CCCCC2)(C2CCCCC2)C(O)C[P+]1(C1CCCCC1)C1CCCCC1. The smallest absolute Gasteiger partial charge is 0.198 e. The Hall–Kier alpha value is 0.780. The molecule has 0 bridgehead atoms. The van der Waals surface area contributed by atoms with Crippen molar-refractivity contribution in [1.29, 1.82) is 0 Å². The second-order valence-electron chi connectivity index (χ2n) is 12.5. The molecule has 1 saturated heterocycles. The van der Waals surface area contributed by atoms with Crippen molar-refractivity contribution in [2.75, 3.05) is 12.3 Å². The van der Waals surface area contributed by atoms with E-state index in [0.29, 0.717) is 0 Å². The molecule has 0 amide bonds. The first-order valence-electron chi connectivity index (χ1n) is 14.8. The third kappa shape index (κ3) is 4.40. The number of rotatable bonds is 4. The van der Waals surface area contributed by atoms with E-state index in [2.05, 4.69) is 0 Å². The highest BCUT2D eigenvalue weighted by atomic mass is 31.2. The van der Waals surface area contributed by atoms with Crippen LogP contribution in [0, 0.1) is 0 Å². The van der Waals surface area contributed by atoms with Crippen LogP contribution in [0.4, 0.5) is 0 Å². The van der Waals surface area contributed by atoms with Crippen LogP contribution in [-0.4, -0.2) is 56.9 Å². The lowest BCUT2D eigenvalue weighted by atomic mass is 9.99. The summed E-state index contributed by atoms with van der Waals surface area (Å²) in [6, 6.07) is 0. The number of aliphatic hydroxyl groups is 2. The number of aliphatic hydroxyl groups excluding tert-OH is 2. The summed E-state index contributed by atoms with van der Waals surface area (Å²) in [6.45, 7) is 0. The van der Waals surface area contributed by atoms with Crippen LogP contribution in [0.25, 0.3) is 0 Å². The molecule has 4 aliphatic carbocycles. The molecular weight excluding hydrogens is 430 g/mol. The number of hydrogen-bond donors (Lipinski definition) is 2. The van der Waals surface area contributed by atoms with Crippen molar-refractivity contribution < 1.29 is 10.2 Å². The Bertz CT molecular complexity index is 498. The highest BCUT2D eigenvalue weighted by Crippen LogP contribution is 2.87. The maximum atomic E-state index is 12.4. The molecule has 5 fully saturated rings. The van der Waals surface area contributed by atoms with Crippen LogP contribution in [0.15, 0.2) is 0 Å². The van der Waals surface area contributed by atoms with E-state index in [0.717, 1.165) is 35.0 Å². The average Bonchev–Trinajstić information content (AvgIpc) is 2.87. The highest BCUT2D eigenvalue weighted by Gasteiger charge is 2.71. The molecule has 2 unspecified atom stereocenters. The lowest BCUT2D eigenvalue weighted by Crippen LogP contribution is -2.50. The van der Waals surface area contributed by atoms with E-state index in [-0.39, 0.29) is 11.7 Å². The summed E-state index contributed by atoms with van der Waals surface area (Å²) in [7, 11) is -3.07. The Balaban J connectivity index is 1.49. The summed E-state index contributed by atoms with van der Waals surface area (Å²) in [4.78, 5) is 0. The first-order valence-corrected chi connectivity index (χ1v) is 19.1. The van der Waals surface area contributed by atoms with E-state index >= 15 is 0 Å². The Kier molecular flexibility index (Phi) is 8.27. The van der Waals surface area contributed by atoms with Crippen LogP contribution >= 0.6 is 14.5 Å². The van der Waals surface area contributed by atoms with Gasteiger partial charge in [0.25, 0.3) is 0 Å². The summed E-state index contributed by atoms with van der Waals surface area (Å²) >= 11 is 0. The minimum Gasteiger partial charge on any atom is -0.356 e. The van der Waals surface area contributed by atoms with Gasteiger partial charge in [0.2, 0.25) is 0 Å². The molecule has 4 saturated carbocycles. The zero-order valence-corrected chi connectivity index (χ0v) is 22.6. The van der Waals surface area contributed by atoms with Gasteiger partial charge in [-0.05, 0) is 103 Å². The van der Waals surface area contributed by atoms with Crippen molar-refractivity contribution >= 4 is 14.5 Å². The first-order chi connectivity index (χ1) is 15.7. The second-order valence-corrected chi connectivity index (χ2v) is 21.3. The van der Waals surface area contributed by atoms with Gasteiger partial charge in [0.05, 0.1) is 37.2 Å². The van der Waals surface area contributed by atoms with Gasteiger partial charge in [-0.15, -0.1) is 0 Å². The summed E-state index contributed by atoms with van der Waals surface area (Å²) in [5.41, 5.74) is 3.13. The van der Waals surface area contributed by atoms with E-state index in [1.54, 1.807) is 0 Å². The maximum Gasteiger partial charge on any atom is 0.198 e. The van der Waals surface area contributed by atoms with Crippen LogP contribution in [0.2, 0.25) is 0 Å². The van der Waals surface area contributed by atoms with E-state index in [1.165, 1.54) is 128 Å². The Labute approximate surface area is 199 Å². The van der Waals surface area contributed by atoms with Gasteiger partial charge in [-0.1, -0.05) is 25.7 Å². The molecule has 2 nitrogen and oxygen atoms in total. The summed E-state index contributed by atoms with van der Waals surface area (Å²) in [5.74, 6) is -0.0384. The largest absolute Gasteiger partial charge is 0.356 e. The van der Waals surface area contributed by atoms with Crippen LogP contribution in [0.3, 0.4) is 0 Å². The number of hydrogen-bond acceptors (Lipinski definition) is 2. The fraction of sp³-hybridized carbons (Fsp3) is 1.00. The minimum atomic E-state index is -1.54. The fourth-order valence-corrected chi connectivity index (χ4v) is 24.9. The monoisotopic (exact) mass is 482 g/mol. The van der Waals surface area contributed by atoms with E-state index in [1.807, 2.05) is 0 Å². The molecule has 0 aromatic rings. The van der Waals surface area contributed by atoms with Gasteiger partial charge in [0, 0.05) is 0 Å². The Morgan fingerprint density at radius 3 is 0.781 bits per heavy atom. The zero-order chi connectivity index (χ0) is 22.0. The van der Waals surface area contributed by atoms with Crippen molar-refractivity contribution in [3.05, 3.63) is 0 Å². The molecule has 4 heteroatoms. The molecule has 1 heterocycles. The van der Waals surface area contributed by atoms with Crippen molar-refractivity contribution in [3.8, 4) is 0 Å². The molecule has 1 aliphatic heterocycles. The third-order valence-corrected chi connectivity index (χ3v) is 23.7. The topological polar surface area (TPSA) is 40.5 Å².